The first-order valence-corrected chi connectivity index (χ1v) is 6.17. The lowest BCUT2D eigenvalue weighted by atomic mass is 10.1. The van der Waals surface area contributed by atoms with Crippen molar-refractivity contribution >= 4 is 49.2 Å². The molecule has 0 saturated carbocycles. The highest BCUT2D eigenvalue weighted by Gasteiger charge is 2.19. The van der Waals surface area contributed by atoms with Gasteiger partial charge in [-0.15, -0.1) is 0 Å². The maximum absolute atomic E-state index is 13.0. The predicted molar refractivity (Wildman–Crippen MR) is 62.2 cm³/mol. The van der Waals surface area contributed by atoms with Crippen molar-refractivity contribution in [3.8, 4) is 0 Å². The lowest BCUT2D eigenvalue weighted by molar-refractivity contribution is 0.0997. The number of carbonyl (C=O) groups is 1. The molecule has 0 bridgehead atoms. The van der Waals surface area contributed by atoms with E-state index in [4.69, 9.17) is 11.6 Å². The van der Waals surface area contributed by atoms with Gasteiger partial charge in [-0.05, 0) is 12.1 Å². The second kappa shape index (κ2) is 5.24. The van der Waals surface area contributed by atoms with Crippen molar-refractivity contribution in [2.75, 3.05) is 5.33 Å². The van der Waals surface area contributed by atoms with Gasteiger partial charge < -0.3 is 0 Å². The highest BCUT2D eigenvalue weighted by Crippen LogP contribution is 2.23. The molecule has 0 aliphatic heterocycles. The topological polar surface area (TPSA) is 17.1 Å². The fourth-order valence-electron chi connectivity index (χ4n) is 0.933. The number of ketones is 1. The van der Waals surface area contributed by atoms with E-state index in [0.29, 0.717) is 5.33 Å². The number of carbonyl (C=O) groups excluding carboxylic acids is 1. The Bertz CT molecular complexity index is 357. The van der Waals surface area contributed by atoms with Crippen molar-refractivity contribution in [3.63, 3.8) is 0 Å². The first-order chi connectivity index (χ1) is 6.57. The van der Waals surface area contributed by atoms with E-state index >= 15 is 0 Å². The molecule has 0 N–H and O–H groups in total. The number of rotatable bonds is 3. The Hall–Kier alpha value is 0.0700. The molecule has 1 rings (SSSR count). The smallest absolute Gasteiger partial charge is 0.178 e. The quantitative estimate of drug-likeness (QED) is 0.602. The maximum atomic E-state index is 13.0. The molecule has 76 valence electrons. The van der Waals surface area contributed by atoms with E-state index in [0.717, 1.165) is 0 Å². The fourth-order valence-corrected chi connectivity index (χ4v) is 1.69. The molecule has 1 aromatic carbocycles. The van der Waals surface area contributed by atoms with E-state index in [1.54, 1.807) is 0 Å². The molecule has 0 saturated heterocycles. The maximum Gasteiger partial charge on any atom is 0.178 e. The first-order valence-electron chi connectivity index (χ1n) is 3.76. The largest absolute Gasteiger partial charge is 0.293 e. The van der Waals surface area contributed by atoms with Gasteiger partial charge in [-0.2, -0.15) is 0 Å². The van der Waals surface area contributed by atoms with E-state index in [1.807, 2.05) is 0 Å². The second-order valence-electron chi connectivity index (χ2n) is 2.59. The van der Waals surface area contributed by atoms with E-state index in [1.165, 1.54) is 18.2 Å². The van der Waals surface area contributed by atoms with Gasteiger partial charge in [-0.1, -0.05) is 49.5 Å². The van der Waals surface area contributed by atoms with Gasteiger partial charge in [-0.3, -0.25) is 4.79 Å². The number of alkyl halides is 2. The van der Waals surface area contributed by atoms with Crippen molar-refractivity contribution in [1.82, 2.24) is 0 Å². The van der Waals surface area contributed by atoms with Crippen LogP contribution in [0.4, 0.5) is 4.39 Å². The second-order valence-corrected chi connectivity index (χ2v) is 4.72. The lowest BCUT2D eigenvalue weighted by Gasteiger charge is -2.06. The first kappa shape index (κ1) is 12.1. The summed E-state index contributed by atoms with van der Waals surface area (Å²) in [6, 6.07) is 4.18. The molecule has 0 amide bonds. The third kappa shape index (κ3) is 2.55. The molecule has 0 aliphatic rings. The summed E-state index contributed by atoms with van der Waals surface area (Å²) >= 11 is 12.0. The SMILES string of the molecule is O=C(c1cccc(F)c1Cl)C(Br)CBr. The zero-order valence-electron chi connectivity index (χ0n) is 6.94. The summed E-state index contributed by atoms with van der Waals surface area (Å²) in [4.78, 5) is 11.2. The van der Waals surface area contributed by atoms with Crippen LogP contribution in [0.1, 0.15) is 10.4 Å². The summed E-state index contributed by atoms with van der Waals surface area (Å²) in [5, 5.41) is 0.335. The van der Waals surface area contributed by atoms with E-state index in [9.17, 15) is 9.18 Å². The van der Waals surface area contributed by atoms with Crippen LogP contribution in [0, 0.1) is 5.82 Å². The Labute approximate surface area is 103 Å². The molecule has 5 heteroatoms. The molecule has 1 atom stereocenters. The average Bonchev–Trinajstić information content (AvgIpc) is 2.20. The number of benzene rings is 1. The lowest BCUT2D eigenvalue weighted by Crippen LogP contribution is -2.16. The van der Waals surface area contributed by atoms with Crippen LogP contribution in [-0.4, -0.2) is 15.9 Å². The van der Waals surface area contributed by atoms with E-state index in [2.05, 4.69) is 31.9 Å². The standard InChI is InChI=1S/C9H6Br2ClFO/c10-4-6(11)9(14)5-2-1-3-7(13)8(5)12/h1-3,6H,4H2. The molecular formula is C9H6Br2ClFO. The molecule has 0 fully saturated rings. The predicted octanol–water partition coefficient (Wildman–Crippen LogP) is 3.82. The van der Waals surface area contributed by atoms with Crippen LogP contribution in [0.3, 0.4) is 0 Å². The number of halogens is 4. The molecule has 14 heavy (non-hydrogen) atoms. The summed E-state index contributed by atoms with van der Waals surface area (Å²) in [5.74, 6) is -0.807. The van der Waals surface area contributed by atoms with E-state index < -0.39 is 5.82 Å². The van der Waals surface area contributed by atoms with Gasteiger partial charge in [-0.25, -0.2) is 4.39 Å². The third-order valence-electron chi connectivity index (χ3n) is 1.64. The van der Waals surface area contributed by atoms with Gasteiger partial charge in [0.15, 0.2) is 5.78 Å². The minimum atomic E-state index is -0.577. The van der Waals surface area contributed by atoms with Crippen LogP contribution >= 0.6 is 43.5 Å². The number of Topliss-reactive ketones (excluding diaryl/α,β-unsaturated/α-hetero) is 1. The van der Waals surface area contributed by atoms with Crippen LogP contribution in [0.2, 0.25) is 5.02 Å². The molecule has 0 radical (unpaired) electrons. The Balaban J connectivity index is 3.07. The Kier molecular flexibility index (Phi) is 4.54. The molecule has 0 spiro atoms. The minimum Gasteiger partial charge on any atom is -0.293 e. The molecule has 1 nitrogen and oxygen atoms in total. The average molecular weight is 344 g/mol. The number of hydrogen-bond donors (Lipinski definition) is 0. The van der Waals surface area contributed by atoms with Crippen LogP contribution in [-0.2, 0) is 0 Å². The van der Waals surface area contributed by atoms with Crippen LogP contribution in [0.25, 0.3) is 0 Å². The summed E-state index contributed by atoms with van der Waals surface area (Å²) in [6.45, 7) is 0. The summed E-state index contributed by atoms with van der Waals surface area (Å²) in [5.41, 5.74) is 0.202. The monoisotopic (exact) mass is 342 g/mol. The van der Waals surface area contributed by atoms with Crippen molar-refractivity contribution in [3.05, 3.63) is 34.6 Å². The highest BCUT2D eigenvalue weighted by atomic mass is 79.9. The molecule has 0 heterocycles. The van der Waals surface area contributed by atoms with Gasteiger partial charge >= 0.3 is 0 Å². The summed E-state index contributed by atoms with van der Waals surface area (Å²) in [7, 11) is 0. The Morgan fingerprint density at radius 3 is 2.79 bits per heavy atom. The van der Waals surface area contributed by atoms with Gasteiger partial charge in [0.05, 0.1) is 9.85 Å². The van der Waals surface area contributed by atoms with Gasteiger partial charge in [0.25, 0.3) is 0 Å². The Morgan fingerprint density at radius 2 is 2.21 bits per heavy atom. The Morgan fingerprint density at radius 1 is 1.57 bits per heavy atom. The van der Waals surface area contributed by atoms with Crippen LogP contribution < -0.4 is 0 Å². The summed E-state index contributed by atoms with van der Waals surface area (Å²) < 4.78 is 13.0. The van der Waals surface area contributed by atoms with Crippen molar-refractivity contribution < 1.29 is 9.18 Å². The van der Waals surface area contributed by atoms with Gasteiger partial charge in [0.2, 0.25) is 0 Å². The zero-order valence-corrected chi connectivity index (χ0v) is 10.9. The van der Waals surface area contributed by atoms with E-state index in [-0.39, 0.29) is 21.2 Å². The van der Waals surface area contributed by atoms with Crippen molar-refractivity contribution in [1.29, 1.82) is 0 Å². The van der Waals surface area contributed by atoms with Crippen LogP contribution in [0.5, 0.6) is 0 Å². The zero-order chi connectivity index (χ0) is 10.7. The minimum absolute atomic E-state index is 0.122. The molecule has 1 aromatic rings. The molecule has 0 aliphatic carbocycles. The highest BCUT2D eigenvalue weighted by molar-refractivity contribution is 9.12. The van der Waals surface area contributed by atoms with Crippen molar-refractivity contribution in [2.24, 2.45) is 0 Å². The normalized spacial score (nSPS) is 12.6. The molecule has 1 unspecified atom stereocenters. The van der Waals surface area contributed by atoms with Crippen molar-refractivity contribution in [2.45, 2.75) is 4.83 Å². The third-order valence-corrected chi connectivity index (χ3v) is 4.28. The molecular weight excluding hydrogens is 338 g/mol. The van der Waals surface area contributed by atoms with Gasteiger partial charge in [0.1, 0.15) is 5.82 Å². The molecule has 0 aromatic heterocycles. The number of hydrogen-bond acceptors (Lipinski definition) is 1. The fraction of sp³-hybridized carbons (Fsp3) is 0.222. The van der Waals surface area contributed by atoms with Gasteiger partial charge in [0, 0.05) is 10.9 Å². The summed E-state index contributed by atoms with van der Waals surface area (Å²) in [6.07, 6.45) is 0. The van der Waals surface area contributed by atoms with Crippen LogP contribution in [0.15, 0.2) is 18.2 Å².